The smallest absolute Gasteiger partial charge is 0.257 e. The zero-order valence-corrected chi connectivity index (χ0v) is 14.0. The summed E-state index contributed by atoms with van der Waals surface area (Å²) >= 11 is 6.15. The first-order valence-electron chi connectivity index (χ1n) is 7.36. The fourth-order valence-corrected chi connectivity index (χ4v) is 2.61. The maximum atomic E-state index is 6.15. The lowest BCUT2D eigenvalue weighted by Gasteiger charge is -2.12. The quantitative estimate of drug-likeness (QED) is 0.664. The molecule has 0 amide bonds. The van der Waals surface area contributed by atoms with Gasteiger partial charge in [-0.05, 0) is 56.2 Å². The Hall–Kier alpha value is -2.33. The summed E-state index contributed by atoms with van der Waals surface area (Å²) in [7, 11) is 0. The highest BCUT2D eigenvalue weighted by molar-refractivity contribution is 6.33. The van der Waals surface area contributed by atoms with Gasteiger partial charge in [-0.15, -0.1) is 10.2 Å². The number of rotatable bonds is 4. The average Bonchev–Trinajstić information content (AvgIpc) is 2.96. The first-order chi connectivity index (χ1) is 11.0. The number of hydrogen-bond acceptors (Lipinski definition) is 4. The predicted molar refractivity (Wildman–Crippen MR) is 89.7 cm³/mol. The van der Waals surface area contributed by atoms with Crippen molar-refractivity contribution >= 4 is 11.6 Å². The van der Waals surface area contributed by atoms with Gasteiger partial charge in [0.05, 0.1) is 10.6 Å². The molecule has 0 saturated heterocycles. The monoisotopic (exact) mass is 328 g/mol. The van der Waals surface area contributed by atoms with Gasteiger partial charge in [-0.1, -0.05) is 29.8 Å². The molecule has 118 valence electrons. The molecule has 0 N–H and O–H groups in total. The van der Waals surface area contributed by atoms with Crippen molar-refractivity contribution in [1.29, 1.82) is 0 Å². The van der Waals surface area contributed by atoms with E-state index in [-0.39, 0.29) is 6.10 Å². The molecule has 0 radical (unpaired) electrons. The van der Waals surface area contributed by atoms with Gasteiger partial charge >= 0.3 is 0 Å². The highest BCUT2D eigenvalue weighted by Crippen LogP contribution is 2.29. The zero-order valence-electron chi connectivity index (χ0n) is 13.2. The van der Waals surface area contributed by atoms with E-state index in [0.717, 1.165) is 16.9 Å². The van der Waals surface area contributed by atoms with E-state index < -0.39 is 0 Å². The molecule has 1 atom stereocenters. The Kier molecular flexibility index (Phi) is 4.35. The van der Waals surface area contributed by atoms with Crippen LogP contribution in [0.5, 0.6) is 5.75 Å². The Morgan fingerprint density at radius 3 is 2.43 bits per heavy atom. The van der Waals surface area contributed by atoms with E-state index in [1.165, 1.54) is 0 Å². The van der Waals surface area contributed by atoms with Crippen LogP contribution in [0.25, 0.3) is 11.5 Å². The summed E-state index contributed by atoms with van der Waals surface area (Å²) in [5, 5.41) is 8.71. The Morgan fingerprint density at radius 1 is 1.04 bits per heavy atom. The summed E-state index contributed by atoms with van der Waals surface area (Å²) in [4.78, 5) is 0. The van der Waals surface area contributed by atoms with Crippen LogP contribution in [-0.4, -0.2) is 10.2 Å². The number of hydrogen-bond donors (Lipinski definition) is 0. The highest BCUT2D eigenvalue weighted by atomic mass is 35.5. The van der Waals surface area contributed by atoms with Gasteiger partial charge in [0, 0.05) is 0 Å². The summed E-state index contributed by atoms with van der Waals surface area (Å²) in [6, 6.07) is 13.4. The molecule has 1 heterocycles. The van der Waals surface area contributed by atoms with Gasteiger partial charge in [-0.25, -0.2) is 0 Å². The lowest BCUT2D eigenvalue weighted by Crippen LogP contribution is -2.03. The third kappa shape index (κ3) is 3.54. The van der Waals surface area contributed by atoms with Gasteiger partial charge in [0.1, 0.15) is 5.75 Å². The van der Waals surface area contributed by atoms with Crippen LogP contribution in [-0.2, 0) is 0 Å². The maximum Gasteiger partial charge on any atom is 0.257 e. The summed E-state index contributed by atoms with van der Waals surface area (Å²) in [6.45, 7) is 5.95. The first-order valence-corrected chi connectivity index (χ1v) is 7.74. The maximum absolute atomic E-state index is 6.15. The highest BCUT2D eigenvalue weighted by Gasteiger charge is 2.18. The fourth-order valence-electron chi connectivity index (χ4n) is 2.40. The second-order valence-electron chi connectivity index (χ2n) is 5.51. The molecule has 0 fully saturated rings. The molecule has 3 rings (SSSR count). The molecule has 5 heteroatoms. The third-order valence-corrected chi connectivity index (χ3v) is 3.73. The zero-order chi connectivity index (χ0) is 16.4. The number of halogens is 1. The van der Waals surface area contributed by atoms with E-state index >= 15 is 0 Å². The molecule has 0 aliphatic carbocycles. The second-order valence-corrected chi connectivity index (χ2v) is 5.92. The Labute approximate surface area is 140 Å². The topological polar surface area (TPSA) is 48.2 Å². The van der Waals surface area contributed by atoms with Crippen molar-refractivity contribution in [2.45, 2.75) is 26.9 Å². The summed E-state index contributed by atoms with van der Waals surface area (Å²) < 4.78 is 11.6. The molecule has 3 aromatic rings. The first kappa shape index (κ1) is 15.6. The molecule has 23 heavy (non-hydrogen) atoms. The minimum Gasteiger partial charge on any atom is -0.481 e. The summed E-state index contributed by atoms with van der Waals surface area (Å²) in [6.07, 6.45) is -0.347. The summed E-state index contributed by atoms with van der Waals surface area (Å²) in [5.41, 5.74) is 3.01. The molecule has 1 unspecified atom stereocenters. The number of nitrogens with zero attached hydrogens (tertiary/aromatic N) is 2. The second kappa shape index (κ2) is 6.42. The molecule has 0 aliphatic rings. The van der Waals surface area contributed by atoms with Gasteiger partial charge in [-0.3, -0.25) is 0 Å². The van der Waals surface area contributed by atoms with Gasteiger partial charge < -0.3 is 9.15 Å². The van der Waals surface area contributed by atoms with E-state index in [4.69, 9.17) is 20.8 Å². The van der Waals surface area contributed by atoms with Crippen molar-refractivity contribution in [3.8, 4) is 17.2 Å². The standard InChI is InChI=1S/C18H17ClN2O2/c1-11-8-12(2)10-14(9-11)22-13(3)17-20-21-18(23-17)15-6-4-5-7-16(15)19/h4-10,13H,1-3H3. The van der Waals surface area contributed by atoms with Crippen LogP contribution in [0.2, 0.25) is 5.02 Å². The van der Waals surface area contributed by atoms with E-state index in [9.17, 15) is 0 Å². The van der Waals surface area contributed by atoms with Crippen LogP contribution < -0.4 is 4.74 Å². The van der Waals surface area contributed by atoms with Crippen molar-refractivity contribution in [1.82, 2.24) is 10.2 Å². The molecule has 0 bridgehead atoms. The normalized spacial score (nSPS) is 12.2. The number of ether oxygens (including phenoxy) is 1. The molecule has 0 spiro atoms. The largest absolute Gasteiger partial charge is 0.481 e. The fraction of sp³-hybridized carbons (Fsp3) is 0.222. The molecule has 1 aromatic heterocycles. The molecule has 0 saturated carbocycles. The molecule has 2 aromatic carbocycles. The predicted octanol–water partition coefficient (Wildman–Crippen LogP) is 5.15. The third-order valence-electron chi connectivity index (χ3n) is 3.40. The minimum atomic E-state index is -0.347. The van der Waals surface area contributed by atoms with E-state index in [1.54, 1.807) is 6.07 Å². The Bertz CT molecular complexity index is 809. The van der Waals surface area contributed by atoms with Crippen LogP contribution in [0.3, 0.4) is 0 Å². The van der Waals surface area contributed by atoms with Crippen LogP contribution in [0.1, 0.15) is 30.0 Å². The lowest BCUT2D eigenvalue weighted by molar-refractivity contribution is 0.189. The SMILES string of the molecule is Cc1cc(C)cc(OC(C)c2nnc(-c3ccccc3Cl)o2)c1. The molecule has 0 aliphatic heterocycles. The van der Waals surface area contributed by atoms with Crippen LogP contribution in [0.4, 0.5) is 0 Å². The van der Waals surface area contributed by atoms with Crippen molar-refractivity contribution in [3.05, 3.63) is 64.5 Å². The lowest BCUT2D eigenvalue weighted by atomic mass is 10.1. The van der Waals surface area contributed by atoms with Crippen LogP contribution in [0, 0.1) is 13.8 Å². The van der Waals surface area contributed by atoms with Crippen molar-refractivity contribution in [3.63, 3.8) is 0 Å². The van der Waals surface area contributed by atoms with Crippen molar-refractivity contribution < 1.29 is 9.15 Å². The minimum absolute atomic E-state index is 0.347. The number of benzene rings is 2. The van der Waals surface area contributed by atoms with E-state index in [2.05, 4.69) is 16.3 Å². The van der Waals surface area contributed by atoms with Crippen molar-refractivity contribution in [2.24, 2.45) is 0 Å². The van der Waals surface area contributed by atoms with Crippen LogP contribution in [0.15, 0.2) is 46.9 Å². The molecule has 4 nitrogen and oxygen atoms in total. The molecular weight excluding hydrogens is 312 g/mol. The van der Waals surface area contributed by atoms with Gasteiger partial charge in [0.25, 0.3) is 5.89 Å². The van der Waals surface area contributed by atoms with Gasteiger partial charge in [0.15, 0.2) is 6.10 Å². The van der Waals surface area contributed by atoms with Gasteiger partial charge in [0.2, 0.25) is 5.89 Å². The molecular formula is C18H17ClN2O2. The van der Waals surface area contributed by atoms with Crippen molar-refractivity contribution in [2.75, 3.05) is 0 Å². The Morgan fingerprint density at radius 2 is 1.74 bits per heavy atom. The van der Waals surface area contributed by atoms with Crippen LogP contribution >= 0.6 is 11.6 Å². The van der Waals surface area contributed by atoms with Gasteiger partial charge in [-0.2, -0.15) is 0 Å². The summed E-state index contributed by atoms with van der Waals surface area (Å²) in [5.74, 6) is 1.59. The number of aromatic nitrogens is 2. The number of aryl methyl sites for hydroxylation is 2. The van der Waals surface area contributed by atoms with E-state index in [1.807, 2.05) is 51.1 Å². The van der Waals surface area contributed by atoms with E-state index in [0.29, 0.717) is 22.4 Å². The average molecular weight is 329 g/mol. The Balaban J connectivity index is 1.81.